The molecular weight excluding hydrogens is 244 g/mol. The van der Waals surface area contributed by atoms with Crippen LogP contribution >= 0.6 is 0 Å². The van der Waals surface area contributed by atoms with Crippen LogP contribution in [0.25, 0.3) is 4.91 Å². The second kappa shape index (κ2) is 4.15. The predicted molar refractivity (Wildman–Crippen MR) is 59.9 cm³/mol. The molecule has 0 atom stereocenters. The van der Waals surface area contributed by atoms with E-state index < -0.39 is 26.6 Å². The summed E-state index contributed by atoms with van der Waals surface area (Å²) in [7, 11) is -4.76. The van der Waals surface area contributed by atoms with Crippen LogP contribution in [0.15, 0.2) is 30.3 Å². The lowest BCUT2D eigenvalue weighted by molar-refractivity contribution is -0.110. The van der Waals surface area contributed by atoms with Gasteiger partial charge in [0.15, 0.2) is 0 Å². The van der Waals surface area contributed by atoms with Crippen molar-refractivity contribution in [3.05, 3.63) is 48.9 Å². The van der Waals surface area contributed by atoms with Gasteiger partial charge in [-0.25, -0.2) is 8.42 Å². The fourth-order valence-corrected chi connectivity index (χ4v) is 2.20. The van der Waals surface area contributed by atoms with E-state index >= 15 is 0 Å². The van der Waals surface area contributed by atoms with E-state index in [9.17, 15) is 22.6 Å². The highest BCUT2D eigenvalue weighted by atomic mass is 32.2. The zero-order valence-corrected chi connectivity index (χ0v) is 9.65. The maximum atomic E-state index is 11.4. The predicted octanol–water partition coefficient (Wildman–Crippen LogP) is 0.788. The molecule has 0 radical (unpaired) electrons. The van der Waals surface area contributed by atoms with E-state index in [1.54, 1.807) is 0 Å². The SMILES string of the molecule is O=C1C=C(S(=O)(=O)[O-])c2ccccc2C1=O.[CH3+]. The maximum Gasteiger partial charge on any atom is 0.233 e. The maximum absolute atomic E-state index is 11.4. The van der Waals surface area contributed by atoms with Gasteiger partial charge < -0.3 is 4.55 Å². The molecule has 88 valence electrons. The number of hydrogen-bond donors (Lipinski definition) is 0. The fourth-order valence-electron chi connectivity index (χ4n) is 1.50. The van der Waals surface area contributed by atoms with Gasteiger partial charge in [-0.05, 0) is 0 Å². The highest BCUT2D eigenvalue weighted by molar-refractivity contribution is 7.95. The van der Waals surface area contributed by atoms with Crippen molar-refractivity contribution in [3.8, 4) is 0 Å². The van der Waals surface area contributed by atoms with E-state index in [-0.39, 0.29) is 18.6 Å². The van der Waals surface area contributed by atoms with Crippen LogP contribution in [-0.2, 0) is 14.9 Å². The minimum atomic E-state index is -4.76. The van der Waals surface area contributed by atoms with Crippen LogP contribution in [0.4, 0.5) is 0 Å². The number of hydrogen-bond acceptors (Lipinski definition) is 5. The third-order valence-electron chi connectivity index (χ3n) is 2.19. The van der Waals surface area contributed by atoms with E-state index in [2.05, 4.69) is 0 Å². The Morgan fingerprint density at radius 1 is 1.00 bits per heavy atom. The van der Waals surface area contributed by atoms with Crippen LogP contribution in [0.1, 0.15) is 15.9 Å². The van der Waals surface area contributed by atoms with Crippen molar-refractivity contribution < 1.29 is 22.6 Å². The lowest BCUT2D eigenvalue weighted by atomic mass is 9.95. The number of carbonyl (C=O) groups is 2. The zero-order valence-electron chi connectivity index (χ0n) is 8.84. The van der Waals surface area contributed by atoms with Gasteiger partial charge in [-0.1, -0.05) is 24.3 Å². The van der Waals surface area contributed by atoms with E-state index in [4.69, 9.17) is 0 Å². The van der Waals surface area contributed by atoms with Crippen molar-refractivity contribution in [2.45, 2.75) is 0 Å². The summed E-state index contributed by atoms with van der Waals surface area (Å²) in [6.45, 7) is 0. The van der Waals surface area contributed by atoms with E-state index in [0.717, 1.165) is 0 Å². The number of fused-ring (bicyclic) bond motifs is 1. The van der Waals surface area contributed by atoms with Crippen molar-refractivity contribution in [1.82, 2.24) is 0 Å². The summed E-state index contributed by atoms with van der Waals surface area (Å²) in [4.78, 5) is 21.9. The average molecular weight is 252 g/mol. The van der Waals surface area contributed by atoms with Gasteiger partial charge in [0.2, 0.25) is 11.6 Å². The summed E-state index contributed by atoms with van der Waals surface area (Å²) < 4.78 is 32.7. The molecule has 1 aromatic carbocycles. The van der Waals surface area contributed by atoms with Crippen molar-refractivity contribution in [2.75, 3.05) is 0 Å². The largest absolute Gasteiger partial charge is 0.744 e. The average Bonchev–Trinajstić information content (AvgIpc) is 2.22. The first kappa shape index (κ1) is 13.1. The topological polar surface area (TPSA) is 91.3 Å². The molecule has 0 heterocycles. The molecule has 1 aliphatic rings. The second-order valence-corrected chi connectivity index (χ2v) is 4.55. The van der Waals surface area contributed by atoms with Crippen molar-refractivity contribution in [2.24, 2.45) is 0 Å². The number of rotatable bonds is 1. The van der Waals surface area contributed by atoms with Gasteiger partial charge in [-0.2, -0.15) is 0 Å². The van der Waals surface area contributed by atoms with Crippen LogP contribution < -0.4 is 0 Å². The molecule has 0 fully saturated rings. The highest BCUT2D eigenvalue weighted by Gasteiger charge is 2.27. The fraction of sp³-hybridized carbons (Fsp3) is 0. The first-order chi connectivity index (χ1) is 7.41. The third kappa shape index (κ3) is 2.13. The minimum absolute atomic E-state index is 0. The molecule has 0 spiro atoms. The molecule has 0 unspecified atom stereocenters. The van der Waals surface area contributed by atoms with Gasteiger partial charge >= 0.3 is 0 Å². The molecule has 0 bridgehead atoms. The molecule has 5 nitrogen and oxygen atoms in total. The monoisotopic (exact) mass is 252 g/mol. The molecule has 0 amide bonds. The number of allylic oxidation sites excluding steroid dienone is 1. The Hall–Kier alpha value is -1.92. The van der Waals surface area contributed by atoms with Gasteiger partial charge in [0.25, 0.3) is 0 Å². The Bertz CT molecular complexity index is 625. The standard InChI is InChI=1S/C10H6O5S.CH3/c11-8-5-9(16(13,14)15)6-3-1-2-4-7(6)10(8)12;/h1-5H,(H,13,14,15);1H3/q;+1/p-1. The lowest BCUT2D eigenvalue weighted by Gasteiger charge is -2.18. The van der Waals surface area contributed by atoms with Crippen LogP contribution in [0.5, 0.6) is 0 Å². The summed E-state index contributed by atoms with van der Waals surface area (Å²) in [6.07, 6.45) is 0.576. The smallest absolute Gasteiger partial charge is 0.233 e. The zero-order chi connectivity index (χ0) is 11.9. The number of benzene rings is 1. The van der Waals surface area contributed by atoms with Gasteiger partial charge in [0.05, 0.1) is 4.91 Å². The molecule has 1 aromatic rings. The van der Waals surface area contributed by atoms with Gasteiger partial charge in [-0.3, -0.25) is 9.59 Å². The molecule has 0 saturated carbocycles. The molecule has 0 aliphatic heterocycles. The molecular formula is C11H8O5S. The number of carbonyl (C=O) groups excluding carboxylic acids is 2. The summed E-state index contributed by atoms with van der Waals surface area (Å²) >= 11 is 0. The van der Waals surface area contributed by atoms with E-state index in [1.807, 2.05) is 0 Å². The van der Waals surface area contributed by atoms with Crippen molar-refractivity contribution in [1.29, 1.82) is 0 Å². The summed E-state index contributed by atoms with van der Waals surface area (Å²) in [5.41, 5.74) is -0.0634. The quantitative estimate of drug-likeness (QED) is 0.418. The first-order valence-corrected chi connectivity index (χ1v) is 5.68. The van der Waals surface area contributed by atoms with Gasteiger partial charge in [0.1, 0.15) is 10.1 Å². The van der Waals surface area contributed by atoms with Crippen LogP contribution in [0, 0.1) is 7.43 Å². The number of Topliss-reactive ketones (excluding diaryl/α,β-unsaturated/α-hetero) is 1. The summed E-state index contributed by atoms with van der Waals surface area (Å²) in [5.74, 6) is -1.80. The Labute approximate surface area is 98.5 Å². The molecule has 1 aliphatic carbocycles. The highest BCUT2D eigenvalue weighted by Crippen LogP contribution is 2.28. The Morgan fingerprint density at radius 2 is 1.53 bits per heavy atom. The Balaban J connectivity index is 0.00000144. The van der Waals surface area contributed by atoms with Crippen molar-refractivity contribution in [3.63, 3.8) is 0 Å². The lowest BCUT2D eigenvalue weighted by Crippen LogP contribution is -2.21. The van der Waals surface area contributed by atoms with Crippen LogP contribution in [-0.4, -0.2) is 24.5 Å². The van der Waals surface area contributed by atoms with Crippen LogP contribution in [0.2, 0.25) is 0 Å². The molecule has 0 N–H and O–H groups in total. The van der Waals surface area contributed by atoms with E-state index in [0.29, 0.717) is 6.08 Å². The molecule has 17 heavy (non-hydrogen) atoms. The molecule has 2 rings (SSSR count). The normalized spacial score (nSPS) is 14.8. The third-order valence-corrected chi connectivity index (χ3v) is 3.07. The van der Waals surface area contributed by atoms with Gasteiger partial charge in [-0.15, -0.1) is 0 Å². The Morgan fingerprint density at radius 3 is 2.06 bits per heavy atom. The van der Waals surface area contributed by atoms with Crippen LogP contribution in [0.3, 0.4) is 0 Å². The summed E-state index contributed by atoms with van der Waals surface area (Å²) in [5, 5.41) is 0. The molecule has 6 heteroatoms. The van der Waals surface area contributed by atoms with Gasteiger partial charge in [0, 0.05) is 24.6 Å². The minimum Gasteiger partial charge on any atom is -0.744 e. The second-order valence-electron chi connectivity index (χ2n) is 3.20. The Kier molecular flexibility index (Phi) is 3.21. The molecule has 0 aromatic heterocycles. The first-order valence-electron chi connectivity index (χ1n) is 4.27. The molecule has 0 saturated heterocycles. The van der Waals surface area contributed by atoms with E-state index in [1.165, 1.54) is 24.3 Å². The summed E-state index contributed by atoms with van der Waals surface area (Å²) in [6, 6.07) is 5.61. The van der Waals surface area contributed by atoms with Crippen molar-refractivity contribution >= 4 is 26.6 Å². The number of ketones is 2.